The molecule has 3 heteroatoms. The first-order valence-corrected chi connectivity index (χ1v) is 4.70. The molecule has 0 amide bonds. The van der Waals surface area contributed by atoms with E-state index in [0.29, 0.717) is 12.0 Å². The van der Waals surface area contributed by atoms with Gasteiger partial charge in [-0.25, -0.2) is 0 Å². The lowest BCUT2D eigenvalue weighted by molar-refractivity contribution is 0.235. The van der Waals surface area contributed by atoms with E-state index >= 15 is 0 Å². The van der Waals surface area contributed by atoms with Crippen LogP contribution in [0.1, 0.15) is 24.0 Å². The molecule has 0 spiro atoms. The summed E-state index contributed by atoms with van der Waals surface area (Å²) in [5.41, 5.74) is 0. The highest BCUT2D eigenvalue weighted by Gasteiger charge is 2.26. The summed E-state index contributed by atoms with van der Waals surface area (Å²) >= 11 is 0. The van der Waals surface area contributed by atoms with Gasteiger partial charge in [0.1, 0.15) is 11.5 Å². The van der Waals surface area contributed by atoms with E-state index < -0.39 is 0 Å². The van der Waals surface area contributed by atoms with Crippen molar-refractivity contribution in [1.82, 2.24) is 5.32 Å². The summed E-state index contributed by atoms with van der Waals surface area (Å²) in [4.78, 5) is 0. The highest BCUT2D eigenvalue weighted by molar-refractivity contribution is 5.11. The van der Waals surface area contributed by atoms with Crippen LogP contribution in [-0.4, -0.2) is 18.3 Å². The standard InChI is InChI=1S/C10H15NO2/c1-7-2-3-10(13-7)9-4-8(6-12)5-11-9/h2-3,8-9,11-12H,4-6H2,1H3. The summed E-state index contributed by atoms with van der Waals surface area (Å²) in [5.74, 6) is 2.33. The molecular weight excluding hydrogens is 166 g/mol. The highest BCUT2D eigenvalue weighted by Crippen LogP contribution is 2.27. The number of hydrogen-bond acceptors (Lipinski definition) is 3. The summed E-state index contributed by atoms with van der Waals surface area (Å²) in [5, 5.41) is 12.3. The number of nitrogens with one attached hydrogen (secondary N) is 1. The number of aliphatic hydroxyl groups is 1. The van der Waals surface area contributed by atoms with Gasteiger partial charge in [-0.1, -0.05) is 0 Å². The van der Waals surface area contributed by atoms with Gasteiger partial charge in [0, 0.05) is 13.2 Å². The quantitative estimate of drug-likeness (QED) is 0.721. The molecule has 1 fully saturated rings. The molecule has 2 rings (SSSR count). The smallest absolute Gasteiger partial charge is 0.121 e. The van der Waals surface area contributed by atoms with Crippen LogP contribution in [0.25, 0.3) is 0 Å². The number of rotatable bonds is 2. The van der Waals surface area contributed by atoms with Crippen LogP contribution >= 0.6 is 0 Å². The second-order valence-corrected chi connectivity index (χ2v) is 3.69. The van der Waals surface area contributed by atoms with Gasteiger partial charge in [0.05, 0.1) is 6.04 Å². The zero-order valence-corrected chi connectivity index (χ0v) is 7.79. The SMILES string of the molecule is Cc1ccc(C2CC(CO)CN2)o1. The van der Waals surface area contributed by atoms with Gasteiger partial charge >= 0.3 is 0 Å². The lowest BCUT2D eigenvalue weighted by atomic mass is 10.1. The minimum Gasteiger partial charge on any atom is -0.465 e. The fourth-order valence-corrected chi connectivity index (χ4v) is 1.81. The molecule has 0 aliphatic carbocycles. The molecule has 1 aromatic heterocycles. The van der Waals surface area contributed by atoms with E-state index in [9.17, 15) is 0 Å². The van der Waals surface area contributed by atoms with E-state index in [1.807, 2.05) is 19.1 Å². The average molecular weight is 181 g/mol. The van der Waals surface area contributed by atoms with Crippen LogP contribution in [0.3, 0.4) is 0 Å². The van der Waals surface area contributed by atoms with Gasteiger partial charge in [-0.05, 0) is 31.4 Å². The molecule has 1 aromatic rings. The van der Waals surface area contributed by atoms with Gasteiger partial charge in [0.15, 0.2) is 0 Å². The van der Waals surface area contributed by atoms with Gasteiger partial charge in [0.2, 0.25) is 0 Å². The predicted molar refractivity (Wildman–Crippen MR) is 49.4 cm³/mol. The maximum absolute atomic E-state index is 8.97. The molecule has 2 atom stereocenters. The summed E-state index contributed by atoms with van der Waals surface area (Å²) in [6, 6.07) is 4.28. The molecule has 1 aliphatic heterocycles. The molecule has 1 aliphatic rings. The van der Waals surface area contributed by atoms with Crippen LogP contribution in [0, 0.1) is 12.8 Å². The van der Waals surface area contributed by atoms with Crippen molar-refractivity contribution in [2.45, 2.75) is 19.4 Å². The Bertz CT molecular complexity index is 282. The van der Waals surface area contributed by atoms with Crippen LogP contribution in [0.2, 0.25) is 0 Å². The monoisotopic (exact) mass is 181 g/mol. The Balaban J connectivity index is 2.03. The zero-order valence-electron chi connectivity index (χ0n) is 7.79. The fraction of sp³-hybridized carbons (Fsp3) is 0.600. The van der Waals surface area contributed by atoms with Crippen molar-refractivity contribution in [2.75, 3.05) is 13.2 Å². The third-order valence-corrected chi connectivity index (χ3v) is 2.58. The first-order chi connectivity index (χ1) is 6.29. The minimum atomic E-state index is 0.267. The van der Waals surface area contributed by atoms with E-state index in [4.69, 9.17) is 9.52 Å². The fourth-order valence-electron chi connectivity index (χ4n) is 1.81. The lowest BCUT2D eigenvalue weighted by Crippen LogP contribution is -2.14. The molecule has 0 bridgehead atoms. The van der Waals surface area contributed by atoms with Crippen LogP contribution in [0.15, 0.2) is 16.5 Å². The molecule has 2 unspecified atom stereocenters. The number of hydrogen-bond donors (Lipinski definition) is 2. The Labute approximate surface area is 77.8 Å². The Kier molecular flexibility index (Phi) is 2.38. The van der Waals surface area contributed by atoms with Crippen molar-refractivity contribution in [3.63, 3.8) is 0 Å². The van der Waals surface area contributed by atoms with Crippen LogP contribution < -0.4 is 5.32 Å². The first-order valence-electron chi connectivity index (χ1n) is 4.70. The third-order valence-electron chi connectivity index (χ3n) is 2.58. The van der Waals surface area contributed by atoms with Crippen LogP contribution in [0.4, 0.5) is 0 Å². The van der Waals surface area contributed by atoms with Crippen molar-refractivity contribution >= 4 is 0 Å². The summed E-state index contributed by atoms with van der Waals surface area (Å²) in [6.07, 6.45) is 0.976. The maximum atomic E-state index is 8.97. The molecule has 2 N–H and O–H groups in total. The predicted octanol–water partition coefficient (Wildman–Crippen LogP) is 1.23. The maximum Gasteiger partial charge on any atom is 0.121 e. The van der Waals surface area contributed by atoms with Crippen molar-refractivity contribution in [3.8, 4) is 0 Å². The topological polar surface area (TPSA) is 45.4 Å². The van der Waals surface area contributed by atoms with E-state index in [2.05, 4.69) is 5.32 Å². The van der Waals surface area contributed by atoms with E-state index in [1.165, 1.54) is 0 Å². The molecule has 0 aromatic carbocycles. The molecule has 0 saturated carbocycles. The lowest BCUT2D eigenvalue weighted by Gasteiger charge is -2.05. The van der Waals surface area contributed by atoms with Crippen LogP contribution in [-0.2, 0) is 0 Å². The Morgan fingerprint density at radius 3 is 3.00 bits per heavy atom. The average Bonchev–Trinajstić information content (AvgIpc) is 2.71. The second-order valence-electron chi connectivity index (χ2n) is 3.69. The zero-order chi connectivity index (χ0) is 9.26. The Morgan fingerprint density at radius 2 is 2.46 bits per heavy atom. The summed E-state index contributed by atoms with van der Waals surface area (Å²) < 4.78 is 5.52. The Hall–Kier alpha value is -0.800. The molecular formula is C10H15NO2. The normalized spacial score (nSPS) is 28.2. The van der Waals surface area contributed by atoms with Crippen LogP contribution in [0.5, 0.6) is 0 Å². The van der Waals surface area contributed by atoms with E-state index in [1.54, 1.807) is 0 Å². The van der Waals surface area contributed by atoms with E-state index in [0.717, 1.165) is 24.5 Å². The van der Waals surface area contributed by atoms with Gasteiger partial charge in [-0.15, -0.1) is 0 Å². The second kappa shape index (κ2) is 3.52. The Morgan fingerprint density at radius 1 is 1.62 bits per heavy atom. The van der Waals surface area contributed by atoms with Gasteiger partial charge < -0.3 is 14.8 Å². The van der Waals surface area contributed by atoms with Crippen molar-refractivity contribution in [1.29, 1.82) is 0 Å². The molecule has 1 saturated heterocycles. The molecule has 13 heavy (non-hydrogen) atoms. The molecule has 2 heterocycles. The number of aryl methyl sites for hydroxylation is 1. The largest absolute Gasteiger partial charge is 0.465 e. The van der Waals surface area contributed by atoms with Gasteiger partial charge in [-0.2, -0.15) is 0 Å². The molecule has 0 radical (unpaired) electrons. The van der Waals surface area contributed by atoms with Crippen molar-refractivity contribution < 1.29 is 9.52 Å². The molecule has 3 nitrogen and oxygen atoms in total. The van der Waals surface area contributed by atoms with E-state index in [-0.39, 0.29) is 6.61 Å². The molecule has 72 valence electrons. The first kappa shape index (κ1) is 8.78. The minimum absolute atomic E-state index is 0.267. The van der Waals surface area contributed by atoms with Crippen molar-refractivity contribution in [3.05, 3.63) is 23.7 Å². The van der Waals surface area contributed by atoms with Gasteiger partial charge in [0.25, 0.3) is 0 Å². The third kappa shape index (κ3) is 1.76. The number of aliphatic hydroxyl groups excluding tert-OH is 1. The highest BCUT2D eigenvalue weighted by atomic mass is 16.3. The van der Waals surface area contributed by atoms with Crippen molar-refractivity contribution in [2.24, 2.45) is 5.92 Å². The number of furan rings is 1. The van der Waals surface area contributed by atoms with Gasteiger partial charge in [-0.3, -0.25) is 0 Å². The summed E-state index contributed by atoms with van der Waals surface area (Å²) in [7, 11) is 0. The summed E-state index contributed by atoms with van der Waals surface area (Å²) in [6.45, 7) is 3.10.